The number of hydrogen-bond donors (Lipinski definition) is 1. The maximum atomic E-state index is 14.5. The molecule has 4 rings (SSSR count). The van der Waals surface area contributed by atoms with Crippen LogP contribution in [-0.2, 0) is 23.9 Å². The largest absolute Gasteiger partial charge is 0.493 e. The number of hydrogen-bond acceptors (Lipinski definition) is 11. The van der Waals surface area contributed by atoms with Gasteiger partial charge in [0.05, 0.1) is 61.4 Å². The van der Waals surface area contributed by atoms with E-state index in [9.17, 15) is 14.4 Å². The fourth-order valence-electron chi connectivity index (χ4n) is 6.30. The second kappa shape index (κ2) is 14.0. The molecule has 12 heteroatoms. The van der Waals surface area contributed by atoms with Crippen molar-refractivity contribution in [2.75, 3.05) is 61.3 Å². The van der Waals surface area contributed by atoms with Crippen LogP contribution in [0.25, 0.3) is 0 Å². The van der Waals surface area contributed by atoms with Crippen molar-refractivity contribution < 1.29 is 47.5 Å². The van der Waals surface area contributed by atoms with E-state index < -0.39 is 41.0 Å². The van der Waals surface area contributed by atoms with Gasteiger partial charge in [0.1, 0.15) is 0 Å². The molecule has 0 spiro atoms. The number of esters is 2. The maximum Gasteiger partial charge on any atom is 0.324 e. The minimum Gasteiger partial charge on any atom is -0.493 e. The molecule has 1 N–H and O–H groups in total. The predicted octanol–water partition coefficient (Wildman–Crippen LogP) is 4.92. The Morgan fingerprint density at radius 2 is 1.20 bits per heavy atom. The zero-order chi connectivity index (χ0) is 32.9. The van der Waals surface area contributed by atoms with Gasteiger partial charge in [-0.1, -0.05) is 18.2 Å². The standard InChI is InChI=1S/C33H37NO10S/c1-38-21-14-13-18(15-22(21)39-2)27-26(30(35)34-20-11-9-10-12-25(20)45-8)28(33(27,31(36)43-6)32(37)44-7)19-16-23(40-3)29(42-5)24(17-19)41-4/h9-17,26-28H,1-8H3,(H,34,35)/t26-,27-,28-/m1/s1. The van der Waals surface area contributed by atoms with Crippen molar-refractivity contribution in [3.8, 4) is 28.7 Å². The topological polar surface area (TPSA) is 128 Å². The zero-order valence-corrected chi connectivity index (χ0v) is 27.2. The molecule has 1 amide bonds. The van der Waals surface area contributed by atoms with Crippen molar-refractivity contribution in [2.24, 2.45) is 11.3 Å². The Balaban J connectivity index is 2.05. The second-order valence-electron chi connectivity index (χ2n) is 10.1. The van der Waals surface area contributed by atoms with Crippen LogP contribution < -0.4 is 29.0 Å². The van der Waals surface area contributed by atoms with Gasteiger partial charge >= 0.3 is 11.9 Å². The maximum absolute atomic E-state index is 14.5. The molecule has 1 aliphatic carbocycles. The molecule has 0 saturated heterocycles. The fourth-order valence-corrected chi connectivity index (χ4v) is 6.85. The van der Waals surface area contributed by atoms with Crippen LogP contribution in [0.3, 0.4) is 0 Å². The molecule has 11 nitrogen and oxygen atoms in total. The minimum absolute atomic E-state index is 0.275. The van der Waals surface area contributed by atoms with Crippen LogP contribution in [0.5, 0.6) is 28.7 Å². The summed E-state index contributed by atoms with van der Waals surface area (Å²) in [6.45, 7) is 0. The van der Waals surface area contributed by atoms with Gasteiger partial charge in [0.2, 0.25) is 11.7 Å². The number of rotatable bonds is 12. The Hall–Kier alpha value is -4.58. The van der Waals surface area contributed by atoms with E-state index in [1.165, 1.54) is 61.5 Å². The van der Waals surface area contributed by atoms with E-state index in [1.807, 2.05) is 24.5 Å². The molecule has 0 aliphatic heterocycles. The Kier molecular flexibility index (Phi) is 10.4. The number of nitrogens with one attached hydrogen (secondary N) is 1. The third-order valence-electron chi connectivity index (χ3n) is 8.23. The van der Waals surface area contributed by atoms with E-state index >= 15 is 0 Å². The highest BCUT2D eigenvalue weighted by Crippen LogP contribution is 2.68. The molecule has 3 atom stereocenters. The molecule has 0 radical (unpaired) electrons. The number of thioether (sulfide) groups is 1. The van der Waals surface area contributed by atoms with Crippen molar-refractivity contribution in [1.29, 1.82) is 0 Å². The van der Waals surface area contributed by atoms with Crippen molar-refractivity contribution in [1.82, 2.24) is 0 Å². The average molecular weight is 640 g/mol. The predicted molar refractivity (Wildman–Crippen MR) is 168 cm³/mol. The number of benzene rings is 3. The summed E-state index contributed by atoms with van der Waals surface area (Å²) in [7, 11) is 9.70. The Morgan fingerprint density at radius 3 is 1.71 bits per heavy atom. The van der Waals surface area contributed by atoms with Crippen LogP contribution in [0, 0.1) is 11.3 Å². The van der Waals surface area contributed by atoms with E-state index in [-0.39, 0.29) is 11.5 Å². The van der Waals surface area contributed by atoms with Crippen molar-refractivity contribution >= 4 is 35.3 Å². The summed E-state index contributed by atoms with van der Waals surface area (Å²) in [4.78, 5) is 43.4. The molecule has 45 heavy (non-hydrogen) atoms. The number of amides is 1. The molecule has 0 heterocycles. The summed E-state index contributed by atoms with van der Waals surface area (Å²) in [5.74, 6) is -3.70. The summed E-state index contributed by atoms with van der Waals surface area (Å²) in [6, 6.07) is 15.6. The highest BCUT2D eigenvalue weighted by atomic mass is 32.2. The third-order valence-corrected chi connectivity index (χ3v) is 9.02. The van der Waals surface area contributed by atoms with Crippen LogP contribution in [0.4, 0.5) is 5.69 Å². The molecule has 3 aromatic rings. The van der Waals surface area contributed by atoms with Crippen molar-refractivity contribution in [3.05, 3.63) is 65.7 Å². The van der Waals surface area contributed by atoms with Crippen LogP contribution in [0.2, 0.25) is 0 Å². The lowest BCUT2D eigenvalue weighted by Crippen LogP contribution is -2.65. The average Bonchev–Trinajstić information content (AvgIpc) is 3.07. The van der Waals surface area contributed by atoms with E-state index in [0.717, 1.165) is 4.90 Å². The monoisotopic (exact) mass is 639 g/mol. The van der Waals surface area contributed by atoms with Gasteiger partial charge in [-0.2, -0.15) is 0 Å². The van der Waals surface area contributed by atoms with Gasteiger partial charge in [-0.05, 0) is 53.8 Å². The lowest BCUT2D eigenvalue weighted by atomic mass is 9.43. The Bertz CT molecular complexity index is 1530. The molecule has 1 saturated carbocycles. The molecular formula is C33H37NO10S. The summed E-state index contributed by atoms with van der Waals surface area (Å²) in [6.07, 6.45) is 1.90. The summed E-state index contributed by atoms with van der Waals surface area (Å²) in [5, 5.41) is 3.04. The Morgan fingerprint density at radius 1 is 0.667 bits per heavy atom. The summed E-state index contributed by atoms with van der Waals surface area (Å²) >= 11 is 1.47. The highest BCUT2D eigenvalue weighted by molar-refractivity contribution is 7.98. The fraction of sp³-hybridized carbons (Fsp3) is 0.364. The van der Waals surface area contributed by atoms with Crippen LogP contribution in [0.15, 0.2) is 59.5 Å². The summed E-state index contributed by atoms with van der Waals surface area (Å²) < 4.78 is 38.3. The third kappa shape index (κ3) is 5.58. The smallest absolute Gasteiger partial charge is 0.324 e. The quantitative estimate of drug-likeness (QED) is 0.165. The van der Waals surface area contributed by atoms with Crippen molar-refractivity contribution in [3.63, 3.8) is 0 Å². The molecule has 1 aliphatic rings. The SMILES string of the molecule is COC(=O)C1(C(=O)OC)[C@H](c2ccc(OC)c(OC)c2)[C@@H](C(=O)Nc2ccccc2SC)[C@H]1c1cc(OC)c(OC)c(OC)c1. The van der Waals surface area contributed by atoms with E-state index in [0.29, 0.717) is 34.1 Å². The first kappa shape index (κ1) is 33.3. The van der Waals surface area contributed by atoms with Gasteiger partial charge in [-0.15, -0.1) is 11.8 Å². The van der Waals surface area contributed by atoms with Gasteiger partial charge in [0, 0.05) is 16.7 Å². The molecule has 1 fully saturated rings. The summed E-state index contributed by atoms with van der Waals surface area (Å²) in [5.41, 5.74) is -0.562. The van der Waals surface area contributed by atoms with Crippen molar-refractivity contribution in [2.45, 2.75) is 16.7 Å². The molecule has 0 unspecified atom stereocenters. The number of para-hydroxylation sites is 1. The van der Waals surface area contributed by atoms with E-state index in [2.05, 4.69) is 5.32 Å². The molecule has 240 valence electrons. The van der Waals surface area contributed by atoms with Crippen LogP contribution in [0.1, 0.15) is 23.0 Å². The van der Waals surface area contributed by atoms with Gasteiger partial charge in [-0.25, -0.2) is 0 Å². The van der Waals surface area contributed by atoms with Gasteiger partial charge < -0.3 is 38.5 Å². The number of carbonyl (C=O) groups is 3. The molecule has 0 aromatic heterocycles. The van der Waals surface area contributed by atoms with Gasteiger partial charge in [0.25, 0.3) is 0 Å². The van der Waals surface area contributed by atoms with E-state index in [4.69, 9.17) is 33.2 Å². The lowest BCUT2D eigenvalue weighted by Gasteiger charge is -2.56. The van der Waals surface area contributed by atoms with Gasteiger partial charge in [-0.3, -0.25) is 14.4 Å². The number of methoxy groups -OCH3 is 7. The first-order chi connectivity index (χ1) is 21.7. The highest BCUT2D eigenvalue weighted by Gasteiger charge is 2.75. The lowest BCUT2D eigenvalue weighted by molar-refractivity contribution is -0.188. The van der Waals surface area contributed by atoms with Crippen LogP contribution in [-0.4, -0.2) is 73.9 Å². The first-order valence-electron chi connectivity index (χ1n) is 13.8. The van der Waals surface area contributed by atoms with E-state index in [1.54, 1.807) is 36.4 Å². The second-order valence-corrected chi connectivity index (χ2v) is 10.9. The number of anilines is 1. The molecule has 3 aromatic carbocycles. The zero-order valence-electron chi connectivity index (χ0n) is 26.4. The minimum atomic E-state index is -2.01. The van der Waals surface area contributed by atoms with Crippen LogP contribution >= 0.6 is 11.8 Å². The molecule has 0 bridgehead atoms. The normalized spacial score (nSPS) is 18.1. The molecular weight excluding hydrogens is 602 g/mol. The Labute approximate surface area is 266 Å². The number of ether oxygens (including phenoxy) is 7. The first-order valence-corrected chi connectivity index (χ1v) is 15.1. The number of carbonyl (C=O) groups excluding carboxylic acids is 3. The van der Waals surface area contributed by atoms with Gasteiger partial charge in [0.15, 0.2) is 28.4 Å².